The maximum absolute atomic E-state index is 12.1. The molecule has 2 heterocycles. The second kappa shape index (κ2) is 5.59. The summed E-state index contributed by atoms with van der Waals surface area (Å²) in [7, 11) is 0. The quantitative estimate of drug-likeness (QED) is 0.755. The van der Waals surface area contributed by atoms with Crippen LogP contribution in [0.2, 0.25) is 0 Å². The number of pyridine rings is 1. The van der Waals surface area contributed by atoms with Gasteiger partial charge in [-0.15, -0.1) is 0 Å². The fourth-order valence-corrected chi connectivity index (χ4v) is 1.98. The topological polar surface area (TPSA) is 82.5 Å². The van der Waals surface area contributed by atoms with Crippen molar-refractivity contribution in [3.8, 4) is 0 Å². The van der Waals surface area contributed by atoms with Gasteiger partial charge in [-0.25, -0.2) is 4.79 Å². The maximum Gasteiger partial charge on any atom is 0.327 e. The van der Waals surface area contributed by atoms with Crippen molar-refractivity contribution >= 4 is 11.9 Å². The number of hydrogen-bond acceptors (Lipinski definition) is 4. The fourth-order valence-electron chi connectivity index (χ4n) is 1.98. The molecule has 1 aromatic rings. The Morgan fingerprint density at radius 1 is 1.50 bits per heavy atom. The molecule has 1 unspecified atom stereocenters. The number of rotatable bonds is 3. The molecule has 1 saturated heterocycles. The van der Waals surface area contributed by atoms with Crippen LogP contribution >= 0.6 is 0 Å². The van der Waals surface area contributed by atoms with Gasteiger partial charge in [-0.1, -0.05) is 6.07 Å². The molecule has 0 aliphatic carbocycles. The standard InChI is InChI=1S/C12H15N3O3/c16-11(7-9-3-1-2-4-14-9)15-6-5-13-8-10(15)12(17)18/h1-4,10,13H,5-8H2,(H,17,18). The average Bonchev–Trinajstić information content (AvgIpc) is 2.40. The number of aromatic nitrogens is 1. The number of nitrogens with zero attached hydrogens (tertiary/aromatic N) is 2. The van der Waals surface area contributed by atoms with Crippen molar-refractivity contribution < 1.29 is 14.7 Å². The van der Waals surface area contributed by atoms with E-state index in [9.17, 15) is 9.59 Å². The van der Waals surface area contributed by atoms with Gasteiger partial charge < -0.3 is 15.3 Å². The molecule has 2 rings (SSSR count). The van der Waals surface area contributed by atoms with Crippen LogP contribution in [0.1, 0.15) is 5.69 Å². The van der Waals surface area contributed by atoms with Crippen LogP contribution in [0.3, 0.4) is 0 Å². The molecule has 0 bridgehead atoms. The van der Waals surface area contributed by atoms with Crippen molar-refractivity contribution in [2.45, 2.75) is 12.5 Å². The highest BCUT2D eigenvalue weighted by Gasteiger charge is 2.31. The highest BCUT2D eigenvalue weighted by atomic mass is 16.4. The molecule has 1 amide bonds. The second-order valence-corrected chi connectivity index (χ2v) is 4.14. The molecule has 1 aliphatic heterocycles. The number of hydrogen-bond donors (Lipinski definition) is 2. The highest BCUT2D eigenvalue weighted by Crippen LogP contribution is 2.07. The number of aliphatic carboxylic acids is 1. The van der Waals surface area contributed by atoms with Crippen LogP contribution in [-0.4, -0.2) is 52.5 Å². The summed E-state index contributed by atoms with van der Waals surface area (Å²) in [5, 5.41) is 12.0. The summed E-state index contributed by atoms with van der Waals surface area (Å²) in [6.07, 6.45) is 1.76. The first kappa shape index (κ1) is 12.5. The van der Waals surface area contributed by atoms with E-state index in [2.05, 4.69) is 10.3 Å². The smallest absolute Gasteiger partial charge is 0.327 e. The molecule has 0 spiro atoms. The van der Waals surface area contributed by atoms with Gasteiger partial charge in [0.05, 0.1) is 6.42 Å². The molecule has 0 saturated carbocycles. The monoisotopic (exact) mass is 249 g/mol. The van der Waals surface area contributed by atoms with E-state index in [1.807, 2.05) is 6.07 Å². The Morgan fingerprint density at radius 3 is 3.00 bits per heavy atom. The van der Waals surface area contributed by atoms with E-state index < -0.39 is 12.0 Å². The van der Waals surface area contributed by atoms with Gasteiger partial charge >= 0.3 is 5.97 Å². The van der Waals surface area contributed by atoms with Crippen molar-refractivity contribution in [3.63, 3.8) is 0 Å². The molecule has 6 heteroatoms. The van der Waals surface area contributed by atoms with Gasteiger partial charge in [0.2, 0.25) is 5.91 Å². The van der Waals surface area contributed by atoms with Crippen LogP contribution in [0.15, 0.2) is 24.4 Å². The zero-order valence-electron chi connectivity index (χ0n) is 9.87. The zero-order valence-corrected chi connectivity index (χ0v) is 9.87. The molecule has 6 nitrogen and oxygen atoms in total. The number of carbonyl (C=O) groups is 2. The SMILES string of the molecule is O=C(O)C1CNCCN1C(=O)Cc1ccccn1. The summed E-state index contributed by atoms with van der Waals surface area (Å²) < 4.78 is 0. The molecular formula is C12H15N3O3. The third kappa shape index (κ3) is 2.84. The molecular weight excluding hydrogens is 234 g/mol. The maximum atomic E-state index is 12.1. The number of carboxylic acids is 1. The van der Waals surface area contributed by atoms with E-state index >= 15 is 0 Å². The summed E-state index contributed by atoms with van der Waals surface area (Å²) in [6.45, 7) is 1.34. The van der Waals surface area contributed by atoms with Crippen molar-refractivity contribution in [3.05, 3.63) is 30.1 Å². The molecule has 0 radical (unpaired) electrons. The second-order valence-electron chi connectivity index (χ2n) is 4.14. The van der Waals surface area contributed by atoms with Gasteiger partial charge in [-0.3, -0.25) is 9.78 Å². The molecule has 1 fully saturated rings. The molecule has 1 aromatic heterocycles. The van der Waals surface area contributed by atoms with Crippen molar-refractivity contribution in [1.82, 2.24) is 15.2 Å². The third-order valence-corrected chi connectivity index (χ3v) is 2.91. The molecule has 1 atom stereocenters. The molecule has 1 aliphatic rings. The molecule has 96 valence electrons. The molecule has 2 N–H and O–H groups in total. The van der Waals surface area contributed by atoms with E-state index in [0.29, 0.717) is 25.3 Å². The van der Waals surface area contributed by atoms with Crippen LogP contribution < -0.4 is 5.32 Å². The van der Waals surface area contributed by atoms with Gasteiger partial charge in [0, 0.05) is 31.5 Å². The Balaban J connectivity index is 2.05. The van der Waals surface area contributed by atoms with Crippen LogP contribution in [-0.2, 0) is 16.0 Å². The van der Waals surface area contributed by atoms with E-state index in [1.165, 1.54) is 4.90 Å². The Kier molecular flexibility index (Phi) is 3.88. The number of carboxylic acid groups (broad SMARTS) is 1. The lowest BCUT2D eigenvalue weighted by Crippen LogP contribution is -2.57. The lowest BCUT2D eigenvalue weighted by atomic mass is 10.1. The van der Waals surface area contributed by atoms with E-state index in [0.717, 1.165) is 0 Å². The van der Waals surface area contributed by atoms with E-state index in [4.69, 9.17) is 5.11 Å². The summed E-state index contributed by atoms with van der Waals surface area (Å²) in [5.74, 6) is -1.17. The first-order valence-corrected chi connectivity index (χ1v) is 5.81. The minimum atomic E-state index is -0.975. The Morgan fingerprint density at radius 2 is 2.33 bits per heavy atom. The minimum Gasteiger partial charge on any atom is -0.480 e. The lowest BCUT2D eigenvalue weighted by molar-refractivity contribution is -0.151. The first-order valence-electron chi connectivity index (χ1n) is 5.81. The van der Waals surface area contributed by atoms with Gasteiger partial charge in [-0.2, -0.15) is 0 Å². The van der Waals surface area contributed by atoms with Crippen molar-refractivity contribution in [2.75, 3.05) is 19.6 Å². The summed E-state index contributed by atoms with van der Waals surface area (Å²) in [5.41, 5.74) is 0.658. The van der Waals surface area contributed by atoms with Gasteiger partial charge in [0.1, 0.15) is 6.04 Å². The Bertz CT molecular complexity index is 435. The van der Waals surface area contributed by atoms with Gasteiger partial charge in [0.15, 0.2) is 0 Å². The first-order chi connectivity index (χ1) is 8.68. The third-order valence-electron chi connectivity index (χ3n) is 2.91. The predicted octanol–water partition coefficient (Wildman–Crippen LogP) is -0.491. The molecule has 0 aromatic carbocycles. The van der Waals surface area contributed by atoms with Crippen LogP contribution in [0.4, 0.5) is 0 Å². The minimum absolute atomic E-state index is 0.143. The summed E-state index contributed by atoms with van der Waals surface area (Å²) >= 11 is 0. The summed E-state index contributed by atoms with van der Waals surface area (Å²) in [4.78, 5) is 28.6. The van der Waals surface area contributed by atoms with E-state index in [1.54, 1.807) is 18.3 Å². The van der Waals surface area contributed by atoms with Gasteiger partial charge in [-0.05, 0) is 12.1 Å². The molecule has 18 heavy (non-hydrogen) atoms. The van der Waals surface area contributed by atoms with Crippen molar-refractivity contribution in [2.24, 2.45) is 0 Å². The largest absolute Gasteiger partial charge is 0.480 e. The fraction of sp³-hybridized carbons (Fsp3) is 0.417. The normalized spacial score (nSPS) is 19.6. The number of nitrogens with one attached hydrogen (secondary N) is 1. The Hall–Kier alpha value is -1.95. The number of carbonyl (C=O) groups excluding carboxylic acids is 1. The number of amides is 1. The number of piperazine rings is 1. The lowest BCUT2D eigenvalue weighted by Gasteiger charge is -2.33. The van der Waals surface area contributed by atoms with Crippen molar-refractivity contribution in [1.29, 1.82) is 0 Å². The van der Waals surface area contributed by atoms with Crippen LogP contribution in [0.5, 0.6) is 0 Å². The average molecular weight is 249 g/mol. The highest BCUT2D eigenvalue weighted by molar-refractivity contribution is 5.85. The van der Waals surface area contributed by atoms with Gasteiger partial charge in [0.25, 0.3) is 0 Å². The van der Waals surface area contributed by atoms with Crippen LogP contribution in [0.25, 0.3) is 0 Å². The van der Waals surface area contributed by atoms with Crippen LogP contribution in [0, 0.1) is 0 Å². The predicted molar refractivity (Wildman–Crippen MR) is 63.9 cm³/mol. The summed E-state index contributed by atoms with van der Waals surface area (Å²) in [6, 6.07) is 4.56. The van der Waals surface area contributed by atoms with E-state index in [-0.39, 0.29) is 12.3 Å². The Labute approximate surface area is 105 Å². The zero-order chi connectivity index (χ0) is 13.0.